The summed E-state index contributed by atoms with van der Waals surface area (Å²) in [6.45, 7) is 0.761. The first kappa shape index (κ1) is 12.7. The van der Waals surface area contributed by atoms with Gasteiger partial charge in [0, 0.05) is 24.5 Å². The number of hydrogen-bond acceptors (Lipinski definition) is 5. The molecule has 7 heteroatoms. The topological polar surface area (TPSA) is 101 Å². The minimum atomic E-state index is -2.94. The fourth-order valence-corrected chi connectivity index (χ4v) is 3.10. The van der Waals surface area contributed by atoms with Gasteiger partial charge in [-0.3, -0.25) is 0 Å². The minimum absolute atomic E-state index is 0.0425. The van der Waals surface area contributed by atoms with Crippen molar-refractivity contribution in [2.75, 3.05) is 35.2 Å². The van der Waals surface area contributed by atoms with E-state index in [0.29, 0.717) is 18.8 Å². The monoisotopic (exact) mass is 270 g/mol. The van der Waals surface area contributed by atoms with E-state index in [1.54, 1.807) is 6.07 Å². The Morgan fingerprint density at radius 3 is 2.44 bits per heavy atom. The third-order valence-electron chi connectivity index (χ3n) is 2.98. The van der Waals surface area contributed by atoms with Crippen molar-refractivity contribution < 1.29 is 18.3 Å². The summed E-state index contributed by atoms with van der Waals surface area (Å²) in [7, 11) is -2.94. The molecule has 2 rings (SSSR count). The van der Waals surface area contributed by atoms with Crippen LogP contribution in [0.15, 0.2) is 18.2 Å². The van der Waals surface area contributed by atoms with E-state index in [9.17, 15) is 13.2 Å². The molecule has 1 aliphatic heterocycles. The van der Waals surface area contributed by atoms with Gasteiger partial charge in [-0.15, -0.1) is 0 Å². The second-order valence-corrected chi connectivity index (χ2v) is 6.52. The fraction of sp³-hybridized carbons (Fsp3) is 0.364. The zero-order valence-electron chi connectivity index (χ0n) is 9.67. The molecule has 0 unspecified atom stereocenters. The molecule has 3 N–H and O–H groups in total. The average molecular weight is 270 g/mol. The standard InChI is InChI=1S/C11H14N2O4S/c12-10-2-1-8(7-9(10)11(14)15)13-3-5-18(16,17)6-4-13/h1-2,7H,3-6,12H2,(H,14,15). The molecule has 0 bridgehead atoms. The summed E-state index contributed by atoms with van der Waals surface area (Å²) < 4.78 is 22.6. The van der Waals surface area contributed by atoms with Gasteiger partial charge in [0.05, 0.1) is 17.1 Å². The molecule has 0 aliphatic carbocycles. The van der Waals surface area contributed by atoms with Gasteiger partial charge in [-0.1, -0.05) is 0 Å². The molecule has 0 radical (unpaired) electrons. The predicted molar refractivity (Wildman–Crippen MR) is 68.7 cm³/mol. The molecule has 1 aromatic carbocycles. The van der Waals surface area contributed by atoms with E-state index in [-0.39, 0.29) is 22.8 Å². The number of nitrogen functional groups attached to an aromatic ring is 1. The number of nitrogens with two attached hydrogens (primary N) is 1. The Bertz CT molecular complexity index is 569. The van der Waals surface area contributed by atoms with Crippen LogP contribution in [0.25, 0.3) is 0 Å². The number of sulfone groups is 1. The predicted octanol–water partition coefficient (Wildman–Crippen LogP) is 0.202. The molecule has 0 atom stereocenters. The molecule has 98 valence electrons. The number of benzene rings is 1. The van der Waals surface area contributed by atoms with E-state index >= 15 is 0 Å². The molecule has 1 aromatic rings. The molecular weight excluding hydrogens is 256 g/mol. The summed E-state index contributed by atoms with van der Waals surface area (Å²) in [6.07, 6.45) is 0. The number of hydrogen-bond donors (Lipinski definition) is 2. The average Bonchev–Trinajstić information content (AvgIpc) is 2.30. The zero-order chi connectivity index (χ0) is 13.3. The van der Waals surface area contributed by atoms with Crippen molar-refractivity contribution in [3.05, 3.63) is 23.8 Å². The summed E-state index contributed by atoms with van der Waals surface area (Å²) in [5.74, 6) is -0.890. The molecule has 1 aliphatic rings. The number of carboxylic acids is 1. The second kappa shape index (κ2) is 4.49. The summed E-state index contributed by atoms with van der Waals surface area (Å²) in [5, 5.41) is 8.98. The zero-order valence-corrected chi connectivity index (χ0v) is 10.5. The van der Waals surface area contributed by atoms with Gasteiger partial charge in [0.15, 0.2) is 9.84 Å². The van der Waals surface area contributed by atoms with Crippen molar-refractivity contribution in [3.63, 3.8) is 0 Å². The molecule has 1 saturated heterocycles. The largest absolute Gasteiger partial charge is 0.478 e. The first-order chi connectivity index (χ1) is 8.39. The van der Waals surface area contributed by atoms with Crippen LogP contribution < -0.4 is 10.6 Å². The highest BCUT2D eigenvalue weighted by atomic mass is 32.2. The van der Waals surface area contributed by atoms with Crippen molar-refractivity contribution in [1.82, 2.24) is 0 Å². The van der Waals surface area contributed by atoms with Gasteiger partial charge >= 0.3 is 5.97 Å². The highest BCUT2D eigenvalue weighted by Crippen LogP contribution is 2.22. The lowest BCUT2D eigenvalue weighted by atomic mass is 10.1. The maximum atomic E-state index is 11.3. The molecule has 6 nitrogen and oxygen atoms in total. The molecule has 18 heavy (non-hydrogen) atoms. The number of aromatic carboxylic acids is 1. The Labute approximate surface area is 105 Å². The smallest absolute Gasteiger partial charge is 0.337 e. The molecule has 1 fully saturated rings. The van der Waals surface area contributed by atoms with Crippen molar-refractivity contribution in [1.29, 1.82) is 0 Å². The molecule has 1 heterocycles. The molecule has 0 spiro atoms. The summed E-state index contributed by atoms with van der Waals surface area (Å²) in [5.41, 5.74) is 6.51. The molecule has 0 aromatic heterocycles. The van der Waals surface area contributed by atoms with E-state index in [1.807, 2.05) is 4.90 Å². The van der Waals surface area contributed by atoms with Gasteiger partial charge in [-0.2, -0.15) is 0 Å². The number of anilines is 2. The van der Waals surface area contributed by atoms with Crippen LogP contribution in [0.4, 0.5) is 11.4 Å². The van der Waals surface area contributed by atoms with Crippen LogP contribution in [0.3, 0.4) is 0 Å². The maximum absolute atomic E-state index is 11.3. The van der Waals surface area contributed by atoms with E-state index in [2.05, 4.69) is 0 Å². The highest BCUT2D eigenvalue weighted by molar-refractivity contribution is 7.91. The van der Waals surface area contributed by atoms with Gasteiger partial charge in [0.2, 0.25) is 0 Å². The van der Waals surface area contributed by atoms with Crippen molar-refractivity contribution in [2.24, 2.45) is 0 Å². The van der Waals surface area contributed by atoms with Gasteiger partial charge < -0.3 is 15.7 Å². The molecular formula is C11H14N2O4S. The van der Waals surface area contributed by atoms with E-state index in [1.165, 1.54) is 12.1 Å². The molecule has 0 saturated carbocycles. The lowest BCUT2D eigenvalue weighted by molar-refractivity contribution is 0.0698. The van der Waals surface area contributed by atoms with Crippen molar-refractivity contribution in [3.8, 4) is 0 Å². The van der Waals surface area contributed by atoms with Crippen molar-refractivity contribution in [2.45, 2.75) is 0 Å². The van der Waals surface area contributed by atoms with Gasteiger partial charge in [0.1, 0.15) is 0 Å². The third kappa shape index (κ3) is 2.56. The first-order valence-electron chi connectivity index (χ1n) is 5.47. The lowest BCUT2D eigenvalue weighted by Crippen LogP contribution is -2.40. The lowest BCUT2D eigenvalue weighted by Gasteiger charge is -2.29. The minimum Gasteiger partial charge on any atom is -0.478 e. The van der Waals surface area contributed by atoms with Crippen LogP contribution in [-0.2, 0) is 9.84 Å². The Hall–Kier alpha value is -1.76. The van der Waals surface area contributed by atoms with Crippen LogP contribution in [0.1, 0.15) is 10.4 Å². The van der Waals surface area contributed by atoms with Crippen LogP contribution in [0.5, 0.6) is 0 Å². The Kier molecular flexibility index (Phi) is 3.16. The van der Waals surface area contributed by atoms with Crippen molar-refractivity contribution >= 4 is 27.2 Å². The van der Waals surface area contributed by atoms with E-state index in [0.717, 1.165) is 0 Å². The van der Waals surface area contributed by atoms with Gasteiger partial charge in [-0.05, 0) is 18.2 Å². The first-order valence-corrected chi connectivity index (χ1v) is 7.29. The Morgan fingerprint density at radius 1 is 1.28 bits per heavy atom. The Morgan fingerprint density at radius 2 is 1.89 bits per heavy atom. The fourth-order valence-electron chi connectivity index (χ4n) is 1.90. The van der Waals surface area contributed by atoms with Crippen LogP contribution in [0, 0.1) is 0 Å². The van der Waals surface area contributed by atoms with Gasteiger partial charge in [0.25, 0.3) is 0 Å². The maximum Gasteiger partial charge on any atom is 0.337 e. The summed E-state index contributed by atoms with van der Waals surface area (Å²) in [4.78, 5) is 12.8. The second-order valence-electron chi connectivity index (χ2n) is 4.22. The molecule has 0 amide bonds. The number of nitrogens with zero attached hydrogens (tertiary/aromatic N) is 1. The Balaban J connectivity index is 2.25. The number of rotatable bonds is 2. The normalized spacial score (nSPS) is 18.6. The highest BCUT2D eigenvalue weighted by Gasteiger charge is 2.22. The van der Waals surface area contributed by atoms with Crippen LogP contribution in [-0.4, -0.2) is 44.1 Å². The number of carboxylic acid groups (broad SMARTS) is 1. The SMILES string of the molecule is Nc1ccc(N2CCS(=O)(=O)CC2)cc1C(=O)O. The van der Waals surface area contributed by atoms with Crippen LogP contribution in [0.2, 0.25) is 0 Å². The third-order valence-corrected chi connectivity index (χ3v) is 4.59. The van der Waals surface area contributed by atoms with E-state index in [4.69, 9.17) is 10.8 Å². The summed E-state index contributed by atoms with van der Waals surface area (Å²) >= 11 is 0. The summed E-state index contributed by atoms with van der Waals surface area (Å²) in [6, 6.07) is 4.72. The quantitative estimate of drug-likeness (QED) is 0.745. The van der Waals surface area contributed by atoms with E-state index < -0.39 is 15.8 Å². The number of carbonyl (C=O) groups is 1. The van der Waals surface area contributed by atoms with Crippen LogP contribution >= 0.6 is 0 Å². The van der Waals surface area contributed by atoms with Gasteiger partial charge in [-0.25, -0.2) is 13.2 Å².